The monoisotopic (exact) mass is 446 g/mol. The van der Waals surface area contributed by atoms with E-state index in [0.717, 1.165) is 38.6 Å². The standard InChI is InChI=1S/C25H18O6S/c1-27-19-8-15-16(9-20(19)28-2)23(13-3-4-18-21(7-13)31-12-30-18)24-17(10-29-25(24)26)22(15)14-5-6-32-11-14/h3-9,11H,10,12H2,1-2H3. The van der Waals surface area contributed by atoms with E-state index in [4.69, 9.17) is 23.7 Å². The zero-order valence-electron chi connectivity index (χ0n) is 17.4. The molecular formula is C25H18O6S. The van der Waals surface area contributed by atoms with Crippen LogP contribution >= 0.6 is 11.3 Å². The number of carbonyl (C=O) groups excluding carboxylic acids is 1. The van der Waals surface area contributed by atoms with E-state index < -0.39 is 0 Å². The molecule has 0 amide bonds. The Bertz CT molecular complexity index is 1390. The summed E-state index contributed by atoms with van der Waals surface area (Å²) < 4.78 is 27.8. The molecule has 0 aliphatic carbocycles. The molecule has 2 aliphatic rings. The van der Waals surface area contributed by atoms with Crippen LogP contribution in [0.1, 0.15) is 15.9 Å². The number of cyclic esters (lactones) is 1. The molecule has 0 fully saturated rings. The van der Waals surface area contributed by atoms with Crippen molar-refractivity contribution < 1.29 is 28.5 Å². The number of rotatable bonds is 4. The molecule has 0 unspecified atom stereocenters. The molecule has 0 bridgehead atoms. The van der Waals surface area contributed by atoms with Crippen LogP contribution in [-0.2, 0) is 11.3 Å². The average molecular weight is 446 g/mol. The fourth-order valence-corrected chi connectivity index (χ4v) is 5.18. The van der Waals surface area contributed by atoms with Crippen LogP contribution < -0.4 is 18.9 Å². The molecule has 2 aliphatic heterocycles. The van der Waals surface area contributed by atoms with Crippen molar-refractivity contribution in [3.8, 4) is 45.3 Å². The molecule has 0 saturated carbocycles. The van der Waals surface area contributed by atoms with Crippen molar-refractivity contribution >= 4 is 28.1 Å². The molecule has 0 saturated heterocycles. The molecule has 7 heteroatoms. The van der Waals surface area contributed by atoms with Gasteiger partial charge in [0.05, 0.1) is 19.8 Å². The van der Waals surface area contributed by atoms with Crippen LogP contribution in [-0.4, -0.2) is 27.0 Å². The van der Waals surface area contributed by atoms with Gasteiger partial charge in [-0.25, -0.2) is 4.79 Å². The maximum absolute atomic E-state index is 13.0. The fraction of sp³-hybridized carbons (Fsp3) is 0.160. The van der Waals surface area contributed by atoms with Crippen molar-refractivity contribution in [1.29, 1.82) is 0 Å². The summed E-state index contributed by atoms with van der Waals surface area (Å²) in [5.41, 5.74) is 5.10. The number of thiophene rings is 1. The highest BCUT2D eigenvalue weighted by molar-refractivity contribution is 7.08. The third kappa shape index (κ3) is 2.67. The Hall–Kier alpha value is -3.71. The highest BCUT2D eigenvalue weighted by Gasteiger charge is 2.33. The van der Waals surface area contributed by atoms with Gasteiger partial charge < -0.3 is 23.7 Å². The van der Waals surface area contributed by atoms with E-state index in [-0.39, 0.29) is 19.4 Å². The van der Waals surface area contributed by atoms with Gasteiger partial charge in [-0.05, 0) is 68.6 Å². The van der Waals surface area contributed by atoms with E-state index in [9.17, 15) is 4.79 Å². The predicted molar refractivity (Wildman–Crippen MR) is 121 cm³/mol. The minimum Gasteiger partial charge on any atom is -0.493 e. The summed E-state index contributed by atoms with van der Waals surface area (Å²) in [4.78, 5) is 13.0. The van der Waals surface area contributed by atoms with Crippen LogP contribution in [0.4, 0.5) is 0 Å². The Morgan fingerprint density at radius 2 is 1.56 bits per heavy atom. The summed E-state index contributed by atoms with van der Waals surface area (Å²) in [6.45, 7) is 0.406. The first-order valence-corrected chi connectivity index (χ1v) is 11.0. The second-order valence-electron chi connectivity index (χ2n) is 7.51. The van der Waals surface area contributed by atoms with Gasteiger partial charge in [0.15, 0.2) is 23.0 Å². The molecule has 0 spiro atoms. The average Bonchev–Trinajstić information content (AvgIpc) is 3.58. The van der Waals surface area contributed by atoms with E-state index in [1.165, 1.54) is 0 Å². The van der Waals surface area contributed by atoms with Gasteiger partial charge >= 0.3 is 5.97 Å². The molecule has 0 N–H and O–H groups in total. The number of hydrogen-bond acceptors (Lipinski definition) is 7. The lowest BCUT2D eigenvalue weighted by Gasteiger charge is -2.18. The Morgan fingerprint density at radius 1 is 0.812 bits per heavy atom. The van der Waals surface area contributed by atoms with Crippen LogP contribution in [0.25, 0.3) is 33.0 Å². The summed E-state index contributed by atoms with van der Waals surface area (Å²) in [7, 11) is 3.22. The summed E-state index contributed by atoms with van der Waals surface area (Å²) in [5, 5.41) is 5.94. The molecule has 160 valence electrons. The third-order valence-electron chi connectivity index (χ3n) is 5.94. The topological polar surface area (TPSA) is 63.2 Å². The molecule has 1 aromatic heterocycles. The van der Waals surface area contributed by atoms with Crippen molar-refractivity contribution in [1.82, 2.24) is 0 Å². The zero-order chi connectivity index (χ0) is 21.8. The summed E-state index contributed by atoms with van der Waals surface area (Å²) in [6.07, 6.45) is 0. The minimum absolute atomic E-state index is 0.182. The summed E-state index contributed by atoms with van der Waals surface area (Å²) >= 11 is 1.61. The third-order valence-corrected chi connectivity index (χ3v) is 6.62. The molecule has 4 aromatic rings. The maximum Gasteiger partial charge on any atom is 0.339 e. The van der Waals surface area contributed by atoms with Gasteiger partial charge in [-0.15, -0.1) is 0 Å². The van der Waals surface area contributed by atoms with E-state index in [1.54, 1.807) is 25.6 Å². The quantitative estimate of drug-likeness (QED) is 0.378. The first kappa shape index (κ1) is 19.0. The van der Waals surface area contributed by atoms with Crippen molar-refractivity contribution in [2.75, 3.05) is 21.0 Å². The van der Waals surface area contributed by atoms with E-state index >= 15 is 0 Å². The number of carbonyl (C=O) groups is 1. The second kappa shape index (κ2) is 7.17. The Morgan fingerprint density at radius 3 is 2.28 bits per heavy atom. The molecule has 0 atom stereocenters. The largest absolute Gasteiger partial charge is 0.493 e. The number of fused-ring (bicyclic) bond motifs is 3. The van der Waals surface area contributed by atoms with E-state index in [0.29, 0.717) is 28.6 Å². The Labute approximate surface area is 187 Å². The molecule has 6 nitrogen and oxygen atoms in total. The van der Waals surface area contributed by atoms with Crippen molar-refractivity contribution in [2.24, 2.45) is 0 Å². The van der Waals surface area contributed by atoms with Gasteiger partial charge in [-0.3, -0.25) is 0 Å². The summed E-state index contributed by atoms with van der Waals surface area (Å²) in [5.74, 6) is 2.22. The van der Waals surface area contributed by atoms with Gasteiger partial charge in [0, 0.05) is 11.1 Å². The lowest BCUT2D eigenvalue weighted by atomic mass is 9.85. The van der Waals surface area contributed by atoms with Crippen LogP contribution in [0.3, 0.4) is 0 Å². The van der Waals surface area contributed by atoms with Gasteiger partial charge in [-0.1, -0.05) is 6.07 Å². The second-order valence-corrected chi connectivity index (χ2v) is 8.29. The Kier molecular flexibility index (Phi) is 4.26. The number of ether oxygens (including phenoxy) is 5. The van der Waals surface area contributed by atoms with Gasteiger partial charge in [-0.2, -0.15) is 11.3 Å². The molecule has 3 heterocycles. The molecule has 6 rings (SSSR count). The highest BCUT2D eigenvalue weighted by Crippen LogP contribution is 2.49. The molecule has 32 heavy (non-hydrogen) atoms. The van der Waals surface area contributed by atoms with Crippen LogP contribution in [0, 0.1) is 0 Å². The smallest absolute Gasteiger partial charge is 0.339 e. The fourth-order valence-electron chi connectivity index (χ4n) is 4.53. The van der Waals surface area contributed by atoms with E-state index in [1.807, 2.05) is 35.7 Å². The van der Waals surface area contributed by atoms with Crippen molar-refractivity contribution in [2.45, 2.75) is 6.61 Å². The lowest BCUT2D eigenvalue weighted by Crippen LogP contribution is -2.01. The number of methoxy groups -OCH3 is 2. The van der Waals surface area contributed by atoms with Gasteiger partial charge in [0.1, 0.15) is 6.61 Å². The first-order chi connectivity index (χ1) is 15.7. The van der Waals surface area contributed by atoms with Crippen molar-refractivity contribution in [3.63, 3.8) is 0 Å². The summed E-state index contributed by atoms with van der Waals surface area (Å²) in [6, 6.07) is 11.7. The predicted octanol–water partition coefficient (Wildman–Crippen LogP) is 5.65. The SMILES string of the molecule is COc1cc2c(-c3ccsc3)c3c(c(-c4ccc5c(c4)OCO5)c2cc1OC)C(=O)OC3. The minimum atomic E-state index is -0.333. The maximum atomic E-state index is 13.0. The van der Waals surface area contributed by atoms with Crippen LogP contribution in [0.15, 0.2) is 47.2 Å². The lowest BCUT2D eigenvalue weighted by molar-refractivity contribution is 0.0536. The van der Waals surface area contributed by atoms with Crippen LogP contribution in [0.2, 0.25) is 0 Å². The molecular weight excluding hydrogens is 428 g/mol. The highest BCUT2D eigenvalue weighted by atomic mass is 32.1. The van der Waals surface area contributed by atoms with Crippen molar-refractivity contribution in [3.05, 3.63) is 58.3 Å². The first-order valence-electron chi connectivity index (χ1n) is 10.0. The van der Waals surface area contributed by atoms with E-state index in [2.05, 4.69) is 11.4 Å². The van der Waals surface area contributed by atoms with Crippen LogP contribution in [0.5, 0.6) is 23.0 Å². The van der Waals surface area contributed by atoms with Gasteiger partial charge in [0.25, 0.3) is 0 Å². The number of hydrogen-bond donors (Lipinski definition) is 0. The number of benzene rings is 3. The number of esters is 1. The Balaban J connectivity index is 1.77. The normalized spacial score (nSPS) is 13.9. The molecule has 3 aromatic carbocycles. The molecule has 0 radical (unpaired) electrons. The zero-order valence-corrected chi connectivity index (χ0v) is 18.2. The van der Waals surface area contributed by atoms with Gasteiger partial charge in [0.2, 0.25) is 6.79 Å².